The molecule has 4 heterocycles. The Labute approximate surface area is 282 Å². The molecule has 4 aliphatic rings. The first-order valence-electron chi connectivity index (χ1n) is 15.7. The van der Waals surface area contributed by atoms with Gasteiger partial charge in [-0.2, -0.15) is 0 Å². The molecule has 6 rings (SSSR count). The molecule has 49 heavy (non-hydrogen) atoms. The molecule has 0 radical (unpaired) electrons. The predicted molar refractivity (Wildman–Crippen MR) is 176 cm³/mol. The fourth-order valence-corrected chi connectivity index (χ4v) is 6.08. The summed E-state index contributed by atoms with van der Waals surface area (Å²) in [6.07, 6.45) is 8.47. The second-order valence-corrected chi connectivity index (χ2v) is 11.7. The number of hydrogen-bond donors (Lipinski definition) is 0. The molecule has 0 bridgehead atoms. The summed E-state index contributed by atoms with van der Waals surface area (Å²) in [5, 5.41) is 0. The topological polar surface area (TPSA) is 155 Å². The van der Waals surface area contributed by atoms with E-state index in [1.807, 2.05) is 0 Å². The second kappa shape index (κ2) is 14.2. The fraction of sp³-hybridized carbons (Fsp3) is 0.371. The van der Waals surface area contributed by atoms with Gasteiger partial charge in [0.1, 0.15) is 0 Å². The van der Waals surface area contributed by atoms with Gasteiger partial charge in [0, 0.05) is 43.4 Å². The molecule has 14 heteroatoms. The van der Waals surface area contributed by atoms with Crippen LogP contribution < -0.4 is 18.9 Å². The number of amides is 2. The summed E-state index contributed by atoms with van der Waals surface area (Å²) in [6, 6.07) is 5.96. The normalized spacial score (nSPS) is 18.7. The van der Waals surface area contributed by atoms with Crippen LogP contribution in [0.5, 0.6) is 23.0 Å². The molecule has 2 aromatic carbocycles. The van der Waals surface area contributed by atoms with Gasteiger partial charge in [0.15, 0.2) is 23.0 Å². The Hall–Kier alpha value is -5.66. The van der Waals surface area contributed by atoms with Gasteiger partial charge in [-0.1, -0.05) is 0 Å². The molecular formula is C35H36N4O10. The van der Waals surface area contributed by atoms with Crippen molar-refractivity contribution in [2.45, 2.75) is 44.2 Å². The third kappa shape index (κ3) is 6.84. The maximum absolute atomic E-state index is 13.4. The lowest BCUT2D eigenvalue weighted by molar-refractivity contribution is -0.140. The first-order valence-corrected chi connectivity index (χ1v) is 15.7. The largest absolute Gasteiger partial charge is 0.493 e. The van der Waals surface area contributed by atoms with E-state index in [0.29, 0.717) is 64.8 Å². The lowest BCUT2D eigenvalue weighted by Crippen LogP contribution is -2.32. The third-order valence-electron chi connectivity index (χ3n) is 8.57. The molecule has 14 nitrogen and oxygen atoms in total. The van der Waals surface area contributed by atoms with Gasteiger partial charge in [0.2, 0.25) is 0 Å². The molecule has 2 atom stereocenters. The predicted octanol–water partition coefficient (Wildman–Crippen LogP) is 4.31. The smallest absolute Gasteiger partial charge is 0.309 e. The number of carbonyl (C=O) groups is 4. The van der Waals surface area contributed by atoms with Gasteiger partial charge in [-0.25, -0.2) is 0 Å². The number of nitrogens with zero attached hydrogens (tertiary/aromatic N) is 4. The van der Waals surface area contributed by atoms with E-state index in [2.05, 4.69) is 9.98 Å². The number of ether oxygens (including phenoxy) is 6. The number of carbonyl (C=O) groups excluding carboxylic acids is 4. The summed E-state index contributed by atoms with van der Waals surface area (Å²) in [5.74, 6) is 0.373. The maximum Gasteiger partial charge on any atom is 0.309 e. The van der Waals surface area contributed by atoms with Crippen molar-refractivity contribution in [2.75, 3.05) is 41.7 Å². The molecule has 0 fully saturated rings. The van der Waals surface area contributed by atoms with Crippen LogP contribution >= 0.6 is 0 Å². The standard InChI is InChI=1S/C35H36N4O10/c1-44-28-12-24-26(36-16-22-8-20(10-32(40)46-3)18-38(22)34(24)42)14-30(28)48-6-5-7-49-31-15-27-25(13-29(31)45-2)35(43)39-19-21(11-33(41)47-4)9-23(39)17-37-27/h12-19,22-23H,5-11H2,1-4H3/t22-,23+. The Morgan fingerprint density at radius 2 is 1.10 bits per heavy atom. The van der Waals surface area contributed by atoms with E-state index in [1.54, 1.807) is 58.9 Å². The molecule has 2 aromatic rings. The Morgan fingerprint density at radius 3 is 1.49 bits per heavy atom. The zero-order valence-electron chi connectivity index (χ0n) is 27.6. The van der Waals surface area contributed by atoms with Crippen LogP contribution in [0.3, 0.4) is 0 Å². The molecule has 0 aromatic heterocycles. The average molecular weight is 673 g/mol. The second-order valence-electron chi connectivity index (χ2n) is 11.7. The van der Waals surface area contributed by atoms with Crippen molar-refractivity contribution in [1.82, 2.24) is 9.80 Å². The van der Waals surface area contributed by atoms with E-state index >= 15 is 0 Å². The summed E-state index contributed by atoms with van der Waals surface area (Å²) in [4.78, 5) is 62.6. The molecule has 0 unspecified atom stereocenters. The number of rotatable bonds is 12. The first kappa shape index (κ1) is 33.2. The molecule has 0 N–H and O–H groups in total. The summed E-state index contributed by atoms with van der Waals surface area (Å²) in [7, 11) is 5.65. The minimum absolute atomic E-state index is 0.114. The Kier molecular flexibility index (Phi) is 9.65. The number of aliphatic imine (C=N–C) groups is 2. The van der Waals surface area contributed by atoms with Crippen LogP contribution in [0.1, 0.15) is 52.8 Å². The Balaban J connectivity index is 1.08. The molecular weight excluding hydrogens is 636 g/mol. The van der Waals surface area contributed by atoms with E-state index < -0.39 is 0 Å². The number of benzene rings is 2. The fourth-order valence-electron chi connectivity index (χ4n) is 6.08. The summed E-state index contributed by atoms with van der Waals surface area (Å²) < 4.78 is 32.7. The van der Waals surface area contributed by atoms with E-state index in [0.717, 1.165) is 11.1 Å². The van der Waals surface area contributed by atoms with Crippen LogP contribution in [0, 0.1) is 0 Å². The van der Waals surface area contributed by atoms with Crippen molar-refractivity contribution in [3.63, 3.8) is 0 Å². The summed E-state index contributed by atoms with van der Waals surface area (Å²) in [6.45, 7) is 0.532. The molecule has 0 saturated carbocycles. The molecule has 0 aliphatic carbocycles. The van der Waals surface area contributed by atoms with Gasteiger partial charge >= 0.3 is 11.9 Å². The SMILES string of the molecule is COC(=O)CC1=CN2C(=O)c3cc(OC)c(OCCCOc4cc5c(cc4OC)C(=O)N4C=C(CC(=O)OC)C[C@@H]4C=N5)cc3N=C[C@@H]2C1. The van der Waals surface area contributed by atoms with E-state index in [9.17, 15) is 19.2 Å². The van der Waals surface area contributed by atoms with E-state index in [-0.39, 0.29) is 61.9 Å². The third-order valence-corrected chi connectivity index (χ3v) is 8.57. The lowest BCUT2D eigenvalue weighted by atomic mass is 10.1. The summed E-state index contributed by atoms with van der Waals surface area (Å²) >= 11 is 0. The van der Waals surface area contributed by atoms with Crippen molar-refractivity contribution in [2.24, 2.45) is 9.98 Å². The number of hydrogen-bond acceptors (Lipinski definition) is 12. The average Bonchev–Trinajstić information content (AvgIpc) is 3.65. The van der Waals surface area contributed by atoms with Crippen molar-refractivity contribution in [1.29, 1.82) is 0 Å². The zero-order valence-corrected chi connectivity index (χ0v) is 27.6. The highest BCUT2D eigenvalue weighted by Crippen LogP contribution is 2.40. The highest BCUT2D eigenvalue weighted by atomic mass is 16.5. The van der Waals surface area contributed by atoms with Gasteiger partial charge in [-0.05, 0) is 36.1 Å². The van der Waals surface area contributed by atoms with Crippen LogP contribution in [-0.4, -0.2) is 99.7 Å². The number of fused-ring (bicyclic) bond motifs is 4. The quantitative estimate of drug-likeness (QED) is 0.235. The van der Waals surface area contributed by atoms with Crippen molar-refractivity contribution in [3.05, 3.63) is 58.9 Å². The van der Waals surface area contributed by atoms with Gasteiger partial charge < -0.3 is 38.2 Å². The Bertz CT molecular complexity index is 1680. The van der Waals surface area contributed by atoms with Crippen molar-refractivity contribution in [3.8, 4) is 23.0 Å². The van der Waals surface area contributed by atoms with Crippen LogP contribution in [0.4, 0.5) is 11.4 Å². The van der Waals surface area contributed by atoms with Crippen molar-refractivity contribution < 1.29 is 47.6 Å². The van der Waals surface area contributed by atoms with Crippen molar-refractivity contribution >= 4 is 47.6 Å². The number of esters is 2. The summed E-state index contributed by atoms with van der Waals surface area (Å²) in [5.41, 5.74) is 3.21. The Morgan fingerprint density at radius 1 is 0.673 bits per heavy atom. The monoisotopic (exact) mass is 672 g/mol. The van der Waals surface area contributed by atoms with Gasteiger partial charge in [-0.15, -0.1) is 0 Å². The van der Waals surface area contributed by atoms with E-state index in [4.69, 9.17) is 28.4 Å². The van der Waals surface area contributed by atoms with E-state index in [1.165, 1.54) is 28.4 Å². The first-order chi connectivity index (χ1) is 23.7. The molecule has 256 valence electrons. The van der Waals surface area contributed by atoms with Crippen LogP contribution in [-0.2, 0) is 19.1 Å². The molecule has 4 aliphatic heterocycles. The van der Waals surface area contributed by atoms with Gasteiger partial charge in [-0.3, -0.25) is 29.2 Å². The lowest BCUT2D eigenvalue weighted by Gasteiger charge is -2.19. The van der Waals surface area contributed by atoms with Crippen LogP contribution in [0.15, 0.2) is 57.8 Å². The molecule has 0 saturated heterocycles. The number of methoxy groups -OCH3 is 4. The minimum atomic E-state index is -0.363. The highest BCUT2D eigenvalue weighted by molar-refractivity contribution is 6.05. The van der Waals surface area contributed by atoms with Gasteiger partial charge in [0.05, 0.1) is 89.1 Å². The maximum atomic E-state index is 13.4. The van der Waals surface area contributed by atoms with Gasteiger partial charge in [0.25, 0.3) is 11.8 Å². The molecule has 2 amide bonds. The zero-order chi connectivity index (χ0) is 34.7. The van der Waals surface area contributed by atoms with Crippen LogP contribution in [0.2, 0.25) is 0 Å². The highest BCUT2D eigenvalue weighted by Gasteiger charge is 2.35. The van der Waals surface area contributed by atoms with Crippen LogP contribution in [0.25, 0.3) is 0 Å². The molecule has 0 spiro atoms. The minimum Gasteiger partial charge on any atom is -0.493 e.